The van der Waals surface area contributed by atoms with Crippen molar-refractivity contribution >= 4 is 40.1 Å². The van der Waals surface area contributed by atoms with Crippen molar-refractivity contribution in [3.8, 4) is 5.75 Å². The summed E-state index contributed by atoms with van der Waals surface area (Å²) in [6.45, 7) is 3.28. The topological polar surface area (TPSA) is 41.6 Å². The summed E-state index contributed by atoms with van der Waals surface area (Å²) in [7, 11) is 1.58. The van der Waals surface area contributed by atoms with E-state index in [4.69, 9.17) is 16.3 Å². The Morgan fingerprint density at radius 1 is 1.43 bits per heavy atom. The number of hydrogen-bond donors (Lipinski definition) is 1. The summed E-state index contributed by atoms with van der Waals surface area (Å²) in [6, 6.07) is 3.71. The zero-order chi connectivity index (χ0) is 15.0. The van der Waals surface area contributed by atoms with Gasteiger partial charge in [-0.25, -0.2) is 0 Å². The molecule has 3 fully saturated rings. The summed E-state index contributed by atoms with van der Waals surface area (Å²) < 4.78 is 6.21. The van der Waals surface area contributed by atoms with Crippen LogP contribution in [0.15, 0.2) is 12.1 Å². The minimum atomic E-state index is -0.0917. The highest BCUT2D eigenvalue weighted by Gasteiger charge is 2.35. The smallest absolute Gasteiger partial charge is 0.255 e. The maximum Gasteiger partial charge on any atom is 0.255 e. The molecule has 2 bridgehead atoms. The first-order valence-corrected chi connectivity index (χ1v) is 8.60. The van der Waals surface area contributed by atoms with Crippen LogP contribution in [0, 0.1) is 9.49 Å². The maximum absolute atomic E-state index is 12.6. The van der Waals surface area contributed by atoms with E-state index in [-0.39, 0.29) is 11.9 Å². The second-order valence-electron chi connectivity index (χ2n) is 5.69. The van der Waals surface area contributed by atoms with Crippen molar-refractivity contribution in [3.05, 3.63) is 26.3 Å². The van der Waals surface area contributed by atoms with Crippen LogP contribution >= 0.6 is 34.2 Å². The van der Waals surface area contributed by atoms with Gasteiger partial charge in [-0.05, 0) is 66.6 Å². The van der Waals surface area contributed by atoms with E-state index in [0.29, 0.717) is 22.3 Å². The molecule has 0 aliphatic carbocycles. The standard InChI is InChI=1S/C15H18ClIN2O2/c1-21-14-11(6-10(16)7-12(14)17)15(20)18-13-8-19-4-2-9(13)3-5-19/h6-7,9,13H,2-5,8H2,1H3,(H,18,20)/t13-/m1/s1. The number of nitrogens with one attached hydrogen (secondary N) is 1. The SMILES string of the molecule is COc1c(I)cc(Cl)cc1C(=O)N[C@@H]1CN2CCC1CC2. The van der Waals surface area contributed by atoms with Crippen LogP contribution < -0.4 is 10.1 Å². The number of halogens is 2. The molecule has 3 aliphatic heterocycles. The van der Waals surface area contributed by atoms with Crippen molar-refractivity contribution in [1.29, 1.82) is 0 Å². The number of ether oxygens (including phenoxy) is 1. The first-order valence-electron chi connectivity index (χ1n) is 7.14. The highest BCUT2D eigenvalue weighted by molar-refractivity contribution is 14.1. The lowest BCUT2D eigenvalue weighted by Crippen LogP contribution is -2.57. The van der Waals surface area contributed by atoms with E-state index in [9.17, 15) is 4.79 Å². The third-order valence-corrected chi connectivity index (χ3v) is 5.45. The van der Waals surface area contributed by atoms with Gasteiger partial charge in [0, 0.05) is 17.6 Å². The van der Waals surface area contributed by atoms with Crippen LogP contribution in [0.5, 0.6) is 5.75 Å². The molecule has 0 unspecified atom stereocenters. The number of fused-ring (bicyclic) bond motifs is 3. The van der Waals surface area contributed by atoms with Crippen molar-refractivity contribution < 1.29 is 9.53 Å². The highest BCUT2D eigenvalue weighted by Crippen LogP contribution is 2.31. The predicted molar refractivity (Wildman–Crippen MR) is 91.1 cm³/mol. The molecule has 4 rings (SSSR count). The molecular formula is C15H18ClIN2O2. The van der Waals surface area contributed by atoms with E-state index in [1.165, 1.54) is 12.8 Å². The molecule has 1 N–H and O–H groups in total. The van der Waals surface area contributed by atoms with Gasteiger partial charge in [0.05, 0.1) is 16.2 Å². The Morgan fingerprint density at radius 2 is 2.14 bits per heavy atom. The van der Waals surface area contributed by atoms with Crippen LogP contribution in [-0.2, 0) is 0 Å². The molecule has 1 amide bonds. The van der Waals surface area contributed by atoms with E-state index in [1.54, 1.807) is 19.2 Å². The van der Waals surface area contributed by atoms with Crippen LogP contribution in [0.25, 0.3) is 0 Å². The molecule has 3 aliphatic rings. The van der Waals surface area contributed by atoms with Gasteiger partial charge in [0.1, 0.15) is 5.75 Å². The summed E-state index contributed by atoms with van der Waals surface area (Å²) in [5.74, 6) is 1.10. The first-order chi connectivity index (χ1) is 10.1. The number of methoxy groups -OCH3 is 1. The molecule has 0 saturated carbocycles. The largest absolute Gasteiger partial charge is 0.495 e. The lowest BCUT2D eigenvalue weighted by molar-refractivity contribution is 0.0619. The lowest BCUT2D eigenvalue weighted by atomic mass is 9.84. The number of rotatable bonds is 3. The molecule has 21 heavy (non-hydrogen) atoms. The number of amides is 1. The molecule has 1 aromatic rings. The molecule has 0 radical (unpaired) electrons. The minimum absolute atomic E-state index is 0.0917. The molecule has 0 aromatic heterocycles. The zero-order valence-corrected chi connectivity index (χ0v) is 14.8. The van der Waals surface area contributed by atoms with E-state index < -0.39 is 0 Å². The molecular weight excluding hydrogens is 403 g/mol. The Balaban J connectivity index is 1.79. The Hall–Kier alpha value is -0.530. The number of benzene rings is 1. The molecule has 3 saturated heterocycles. The maximum atomic E-state index is 12.6. The fourth-order valence-corrected chi connectivity index (χ4v) is 4.56. The van der Waals surface area contributed by atoms with Crippen LogP contribution in [0.4, 0.5) is 0 Å². The molecule has 3 heterocycles. The number of piperidine rings is 3. The summed E-state index contributed by atoms with van der Waals surface area (Å²) in [5.41, 5.74) is 0.519. The Kier molecular flexibility index (Phi) is 4.61. The van der Waals surface area contributed by atoms with Crippen molar-refractivity contribution in [3.63, 3.8) is 0 Å². The average Bonchev–Trinajstić information content (AvgIpc) is 2.47. The summed E-state index contributed by atoms with van der Waals surface area (Å²) in [4.78, 5) is 15.0. The number of carbonyl (C=O) groups excluding carboxylic acids is 1. The Labute approximate surface area is 143 Å². The number of hydrogen-bond acceptors (Lipinski definition) is 3. The van der Waals surface area contributed by atoms with Gasteiger partial charge in [-0.15, -0.1) is 0 Å². The van der Waals surface area contributed by atoms with E-state index >= 15 is 0 Å². The quantitative estimate of drug-likeness (QED) is 0.765. The minimum Gasteiger partial charge on any atom is -0.495 e. The molecule has 114 valence electrons. The van der Waals surface area contributed by atoms with Gasteiger partial charge < -0.3 is 15.0 Å². The third-order valence-electron chi connectivity index (χ3n) is 4.43. The molecule has 0 spiro atoms. The van der Waals surface area contributed by atoms with Crippen LogP contribution in [0.3, 0.4) is 0 Å². The van der Waals surface area contributed by atoms with Gasteiger partial charge in [0.2, 0.25) is 0 Å². The van der Waals surface area contributed by atoms with Crippen molar-refractivity contribution in [2.75, 3.05) is 26.7 Å². The first kappa shape index (κ1) is 15.4. The highest BCUT2D eigenvalue weighted by atomic mass is 127. The summed E-state index contributed by atoms with van der Waals surface area (Å²) in [6.07, 6.45) is 2.35. The van der Waals surface area contributed by atoms with Gasteiger partial charge in [-0.2, -0.15) is 0 Å². The molecule has 1 atom stereocenters. The number of nitrogens with zero attached hydrogens (tertiary/aromatic N) is 1. The number of carbonyl (C=O) groups is 1. The average molecular weight is 421 g/mol. The molecule has 6 heteroatoms. The van der Waals surface area contributed by atoms with Gasteiger partial charge >= 0.3 is 0 Å². The fraction of sp³-hybridized carbons (Fsp3) is 0.533. The fourth-order valence-electron chi connectivity index (χ4n) is 3.31. The van der Waals surface area contributed by atoms with Gasteiger partial charge in [-0.3, -0.25) is 4.79 Å². The summed E-state index contributed by atoms with van der Waals surface area (Å²) >= 11 is 8.22. The normalized spacial score (nSPS) is 27.5. The van der Waals surface area contributed by atoms with E-state index in [2.05, 4.69) is 32.8 Å². The van der Waals surface area contributed by atoms with Crippen molar-refractivity contribution in [2.24, 2.45) is 5.92 Å². The molecule has 1 aromatic carbocycles. The van der Waals surface area contributed by atoms with Crippen LogP contribution in [0.2, 0.25) is 5.02 Å². The Bertz CT molecular complexity index is 559. The van der Waals surface area contributed by atoms with Crippen LogP contribution in [0.1, 0.15) is 23.2 Å². The third kappa shape index (κ3) is 3.14. The van der Waals surface area contributed by atoms with Crippen molar-refractivity contribution in [2.45, 2.75) is 18.9 Å². The van der Waals surface area contributed by atoms with Crippen molar-refractivity contribution in [1.82, 2.24) is 10.2 Å². The van der Waals surface area contributed by atoms with E-state index in [1.807, 2.05) is 0 Å². The van der Waals surface area contributed by atoms with Gasteiger partial charge in [0.25, 0.3) is 5.91 Å². The zero-order valence-electron chi connectivity index (χ0n) is 11.9. The summed E-state index contributed by atoms with van der Waals surface area (Å²) in [5, 5.41) is 3.73. The monoisotopic (exact) mass is 420 g/mol. The van der Waals surface area contributed by atoms with E-state index in [0.717, 1.165) is 23.2 Å². The Morgan fingerprint density at radius 3 is 2.71 bits per heavy atom. The predicted octanol–water partition coefficient (Wildman–Crippen LogP) is 2.78. The molecule has 4 nitrogen and oxygen atoms in total. The second kappa shape index (κ2) is 6.30. The lowest BCUT2D eigenvalue weighted by Gasteiger charge is -2.44. The van der Waals surface area contributed by atoms with Gasteiger partial charge in [0.15, 0.2) is 0 Å². The van der Waals surface area contributed by atoms with Gasteiger partial charge in [-0.1, -0.05) is 11.6 Å². The van der Waals surface area contributed by atoms with Crippen LogP contribution in [-0.4, -0.2) is 43.6 Å². The second-order valence-corrected chi connectivity index (χ2v) is 7.29.